The lowest BCUT2D eigenvalue weighted by atomic mass is 10.0. The normalized spacial score (nSPS) is 11.6. The van der Waals surface area contributed by atoms with E-state index in [9.17, 15) is 0 Å². The van der Waals surface area contributed by atoms with E-state index in [0.717, 1.165) is 11.1 Å². The van der Waals surface area contributed by atoms with E-state index in [1.54, 1.807) is 0 Å². The van der Waals surface area contributed by atoms with Gasteiger partial charge in [0.25, 0.3) is 0 Å². The summed E-state index contributed by atoms with van der Waals surface area (Å²) in [6, 6.07) is 19.0. The largest absolute Gasteiger partial charge is 0.398 e. The second-order valence-corrected chi connectivity index (χ2v) is 5.54. The third kappa shape index (κ3) is 1.21. The van der Waals surface area contributed by atoms with Gasteiger partial charge >= 0.3 is 0 Å². The van der Waals surface area contributed by atoms with Crippen LogP contribution in [0.5, 0.6) is 0 Å². The topological polar surface area (TPSA) is 26.0 Å². The molecule has 0 saturated heterocycles. The standard InChI is InChI=1S/C16H11NS/c17-14-9-13-11-6-3-4-8-15(11)18-16(13)12-7-2-1-5-10(12)14/h1-9H,17H2. The number of hydrogen-bond acceptors (Lipinski definition) is 2. The molecular weight excluding hydrogens is 238 g/mol. The molecule has 0 unspecified atom stereocenters. The Kier molecular flexibility index (Phi) is 1.91. The number of fused-ring (bicyclic) bond motifs is 5. The zero-order valence-electron chi connectivity index (χ0n) is 9.68. The third-order valence-corrected chi connectivity index (χ3v) is 4.64. The second kappa shape index (κ2) is 3.47. The molecule has 0 amide bonds. The van der Waals surface area contributed by atoms with Gasteiger partial charge in [-0.1, -0.05) is 42.5 Å². The SMILES string of the molecule is Nc1cc2c3ccccc3sc2c2ccccc12. The number of rotatable bonds is 0. The van der Waals surface area contributed by atoms with Gasteiger partial charge in [-0.25, -0.2) is 0 Å². The molecule has 3 aromatic carbocycles. The summed E-state index contributed by atoms with van der Waals surface area (Å²) in [5.41, 5.74) is 7.04. The third-order valence-electron chi connectivity index (χ3n) is 3.42. The Hall–Kier alpha value is -2.06. The molecule has 0 saturated carbocycles. The van der Waals surface area contributed by atoms with Crippen molar-refractivity contribution >= 4 is 48.0 Å². The second-order valence-electron chi connectivity index (χ2n) is 4.49. The summed E-state index contributed by atoms with van der Waals surface area (Å²) < 4.78 is 2.66. The Morgan fingerprint density at radius 2 is 1.39 bits per heavy atom. The van der Waals surface area contributed by atoms with Gasteiger partial charge in [-0.2, -0.15) is 0 Å². The van der Waals surface area contributed by atoms with Crippen LogP contribution >= 0.6 is 11.3 Å². The van der Waals surface area contributed by atoms with Crippen molar-refractivity contribution in [1.29, 1.82) is 0 Å². The lowest BCUT2D eigenvalue weighted by molar-refractivity contribution is 1.79. The molecule has 4 rings (SSSR count). The van der Waals surface area contributed by atoms with Gasteiger partial charge in [0, 0.05) is 36.6 Å². The van der Waals surface area contributed by atoms with Crippen LogP contribution in [0.1, 0.15) is 0 Å². The molecule has 2 N–H and O–H groups in total. The van der Waals surface area contributed by atoms with Crippen molar-refractivity contribution in [3.05, 3.63) is 54.6 Å². The molecule has 0 fully saturated rings. The van der Waals surface area contributed by atoms with Crippen LogP contribution in [0.4, 0.5) is 5.69 Å². The van der Waals surface area contributed by atoms with E-state index >= 15 is 0 Å². The monoisotopic (exact) mass is 249 g/mol. The Morgan fingerprint density at radius 1 is 0.722 bits per heavy atom. The maximum Gasteiger partial charge on any atom is 0.0435 e. The predicted molar refractivity (Wildman–Crippen MR) is 81.2 cm³/mol. The van der Waals surface area contributed by atoms with Crippen LogP contribution in [-0.2, 0) is 0 Å². The molecule has 0 aliphatic rings. The number of hydrogen-bond donors (Lipinski definition) is 1. The molecule has 0 aliphatic carbocycles. The summed E-state index contributed by atoms with van der Waals surface area (Å²) in [4.78, 5) is 0. The first-order valence-electron chi connectivity index (χ1n) is 5.93. The highest BCUT2D eigenvalue weighted by molar-refractivity contribution is 7.26. The minimum Gasteiger partial charge on any atom is -0.398 e. The van der Waals surface area contributed by atoms with Crippen LogP contribution in [0.15, 0.2) is 54.6 Å². The molecule has 0 aliphatic heterocycles. The number of thiophene rings is 1. The number of anilines is 1. The molecule has 2 heteroatoms. The highest BCUT2D eigenvalue weighted by atomic mass is 32.1. The van der Waals surface area contributed by atoms with Crippen LogP contribution in [0, 0.1) is 0 Å². The summed E-state index contributed by atoms with van der Waals surface area (Å²) in [6.07, 6.45) is 0. The number of nitrogen functional groups attached to an aromatic ring is 1. The molecule has 18 heavy (non-hydrogen) atoms. The van der Waals surface area contributed by atoms with E-state index in [0.29, 0.717) is 0 Å². The van der Waals surface area contributed by atoms with Gasteiger partial charge in [0.15, 0.2) is 0 Å². The van der Waals surface area contributed by atoms with Crippen molar-refractivity contribution in [3.63, 3.8) is 0 Å². The average Bonchev–Trinajstić information content (AvgIpc) is 2.78. The molecule has 0 bridgehead atoms. The fourth-order valence-electron chi connectivity index (χ4n) is 2.57. The van der Waals surface area contributed by atoms with Crippen molar-refractivity contribution in [2.75, 3.05) is 5.73 Å². The highest BCUT2D eigenvalue weighted by Gasteiger charge is 2.09. The molecular formula is C16H11NS. The quantitative estimate of drug-likeness (QED) is 0.445. The fraction of sp³-hybridized carbons (Fsp3) is 0. The van der Waals surface area contributed by atoms with Gasteiger partial charge in [-0.3, -0.25) is 0 Å². The van der Waals surface area contributed by atoms with Gasteiger partial charge in [-0.15, -0.1) is 11.3 Å². The summed E-state index contributed by atoms with van der Waals surface area (Å²) >= 11 is 1.84. The van der Waals surface area contributed by atoms with Gasteiger partial charge < -0.3 is 5.73 Å². The molecule has 1 nitrogen and oxygen atoms in total. The van der Waals surface area contributed by atoms with Crippen molar-refractivity contribution in [2.45, 2.75) is 0 Å². The molecule has 1 aromatic heterocycles. The average molecular weight is 249 g/mol. The Bertz CT molecular complexity index is 889. The summed E-state index contributed by atoms with van der Waals surface area (Å²) in [5, 5.41) is 4.98. The van der Waals surface area contributed by atoms with Crippen LogP contribution in [0.3, 0.4) is 0 Å². The van der Waals surface area contributed by atoms with E-state index in [4.69, 9.17) is 5.73 Å². The Balaban J connectivity index is 2.36. The van der Waals surface area contributed by atoms with Crippen molar-refractivity contribution in [3.8, 4) is 0 Å². The molecule has 0 atom stereocenters. The Morgan fingerprint density at radius 3 is 2.22 bits per heavy atom. The minimum absolute atomic E-state index is 0.863. The molecule has 4 aromatic rings. The van der Waals surface area contributed by atoms with E-state index in [-0.39, 0.29) is 0 Å². The summed E-state index contributed by atoms with van der Waals surface area (Å²) in [5.74, 6) is 0. The first-order chi connectivity index (χ1) is 8.84. The van der Waals surface area contributed by atoms with Gasteiger partial charge in [0.05, 0.1) is 0 Å². The van der Waals surface area contributed by atoms with Gasteiger partial charge in [-0.05, 0) is 12.1 Å². The maximum atomic E-state index is 6.18. The smallest absolute Gasteiger partial charge is 0.0435 e. The van der Waals surface area contributed by atoms with E-state index in [2.05, 4.69) is 48.5 Å². The number of nitrogens with two attached hydrogens (primary N) is 1. The predicted octanol–water partition coefficient (Wildman–Crippen LogP) is 4.79. The lowest BCUT2D eigenvalue weighted by Gasteiger charge is -2.03. The van der Waals surface area contributed by atoms with Crippen molar-refractivity contribution in [1.82, 2.24) is 0 Å². The molecule has 0 spiro atoms. The van der Waals surface area contributed by atoms with Crippen LogP contribution in [-0.4, -0.2) is 0 Å². The van der Waals surface area contributed by atoms with Gasteiger partial charge in [0.1, 0.15) is 0 Å². The molecule has 1 heterocycles. The maximum absolute atomic E-state index is 6.18. The van der Waals surface area contributed by atoms with E-state index in [1.165, 1.54) is 25.6 Å². The van der Waals surface area contributed by atoms with Crippen molar-refractivity contribution < 1.29 is 0 Å². The van der Waals surface area contributed by atoms with Crippen LogP contribution < -0.4 is 5.73 Å². The zero-order chi connectivity index (χ0) is 12.1. The van der Waals surface area contributed by atoms with Crippen LogP contribution in [0.25, 0.3) is 30.9 Å². The molecule has 86 valence electrons. The minimum atomic E-state index is 0.863. The molecule has 0 radical (unpaired) electrons. The lowest BCUT2D eigenvalue weighted by Crippen LogP contribution is -1.86. The fourth-order valence-corrected chi connectivity index (χ4v) is 3.80. The van der Waals surface area contributed by atoms with Gasteiger partial charge in [0.2, 0.25) is 0 Å². The summed E-state index contributed by atoms with van der Waals surface area (Å²) in [6.45, 7) is 0. The van der Waals surface area contributed by atoms with E-state index < -0.39 is 0 Å². The zero-order valence-corrected chi connectivity index (χ0v) is 10.5. The Labute approximate surface area is 108 Å². The van der Waals surface area contributed by atoms with Crippen LogP contribution in [0.2, 0.25) is 0 Å². The first kappa shape index (κ1) is 9.92. The van der Waals surface area contributed by atoms with E-state index in [1.807, 2.05) is 17.4 Å². The first-order valence-corrected chi connectivity index (χ1v) is 6.75. The highest BCUT2D eigenvalue weighted by Crippen LogP contribution is 2.40. The number of benzene rings is 3. The van der Waals surface area contributed by atoms with Crippen molar-refractivity contribution in [2.24, 2.45) is 0 Å². The summed E-state index contributed by atoms with van der Waals surface area (Å²) in [7, 11) is 0.